The van der Waals surface area contributed by atoms with Gasteiger partial charge in [-0.15, -0.1) is 0 Å². The fraction of sp³-hybridized carbons (Fsp3) is 0.222. The van der Waals surface area contributed by atoms with Crippen LogP contribution in [0.15, 0.2) is 36.5 Å². The largest absolute Gasteiger partial charge is 0.464 e. The summed E-state index contributed by atoms with van der Waals surface area (Å²) < 4.78 is 40.3. The number of rotatable bonds is 6. The smallest absolute Gasteiger partial charge is 0.387 e. The maximum absolute atomic E-state index is 12.5. The molecule has 0 saturated heterocycles. The van der Waals surface area contributed by atoms with Crippen molar-refractivity contribution in [1.82, 2.24) is 14.6 Å². The van der Waals surface area contributed by atoms with Gasteiger partial charge in [-0.3, -0.25) is 0 Å². The molecule has 2 aromatic heterocycles. The second-order valence-electron chi connectivity index (χ2n) is 5.44. The maximum atomic E-state index is 12.5. The minimum atomic E-state index is -2.98. The van der Waals surface area contributed by atoms with Gasteiger partial charge >= 0.3 is 18.6 Å². The molecule has 0 spiro atoms. The Kier molecular flexibility index (Phi) is 5.48. The zero-order chi connectivity index (χ0) is 20.3. The van der Waals surface area contributed by atoms with Gasteiger partial charge in [-0.2, -0.15) is 13.9 Å². The Hall–Kier alpha value is -3.56. The third kappa shape index (κ3) is 3.75. The van der Waals surface area contributed by atoms with E-state index in [0.717, 1.165) is 4.52 Å². The molecule has 2 heterocycles. The Morgan fingerprint density at radius 1 is 1.21 bits per heavy atom. The number of aromatic nitrogens is 3. The molecule has 0 saturated carbocycles. The van der Waals surface area contributed by atoms with Crippen LogP contribution in [0.5, 0.6) is 5.75 Å². The number of nitrogens with zero attached hydrogens (tertiary/aromatic N) is 3. The summed E-state index contributed by atoms with van der Waals surface area (Å²) in [5.41, 5.74) is 0.740. The number of alkyl halides is 2. The third-order valence-corrected chi connectivity index (χ3v) is 3.72. The normalized spacial score (nSPS) is 10.9. The van der Waals surface area contributed by atoms with Crippen molar-refractivity contribution in [2.45, 2.75) is 13.5 Å². The summed E-state index contributed by atoms with van der Waals surface area (Å²) in [7, 11) is 1.20. The number of methoxy groups -OCH3 is 1. The van der Waals surface area contributed by atoms with Gasteiger partial charge in [0, 0.05) is 5.56 Å². The van der Waals surface area contributed by atoms with E-state index in [1.165, 1.54) is 37.6 Å². The fourth-order valence-corrected chi connectivity index (χ4v) is 2.55. The molecule has 0 fully saturated rings. The van der Waals surface area contributed by atoms with E-state index in [-0.39, 0.29) is 35.0 Å². The molecule has 0 aliphatic heterocycles. The van der Waals surface area contributed by atoms with Crippen LogP contribution in [0.3, 0.4) is 0 Å². The minimum absolute atomic E-state index is 0.00164. The average molecular weight is 391 g/mol. The number of fused-ring (bicyclic) bond motifs is 1. The molecule has 0 aliphatic rings. The molecule has 0 N–H and O–H groups in total. The Balaban J connectivity index is 2.19. The highest BCUT2D eigenvalue weighted by atomic mass is 19.3. The SMILES string of the molecule is CCOC(=O)c1cnn2c(C(=O)OC)cc(-c3cccc(OC(F)F)c3)nc12. The number of ether oxygens (including phenoxy) is 3. The van der Waals surface area contributed by atoms with Crippen molar-refractivity contribution in [3.63, 3.8) is 0 Å². The quantitative estimate of drug-likeness (QED) is 0.597. The lowest BCUT2D eigenvalue weighted by Gasteiger charge is -2.09. The van der Waals surface area contributed by atoms with Crippen molar-refractivity contribution in [3.05, 3.63) is 47.8 Å². The van der Waals surface area contributed by atoms with Crippen LogP contribution in [0.4, 0.5) is 8.78 Å². The van der Waals surface area contributed by atoms with Gasteiger partial charge in [0.15, 0.2) is 11.3 Å². The number of carbonyl (C=O) groups excluding carboxylic acids is 2. The molecule has 28 heavy (non-hydrogen) atoms. The molecule has 0 unspecified atom stereocenters. The zero-order valence-corrected chi connectivity index (χ0v) is 14.9. The Bertz CT molecular complexity index is 1040. The van der Waals surface area contributed by atoms with Crippen LogP contribution in [0.1, 0.15) is 27.8 Å². The van der Waals surface area contributed by atoms with Crippen molar-refractivity contribution in [2.24, 2.45) is 0 Å². The van der Waals surface area contributed by atoms with E-state index in [4.69, 9.17) is 9.47 Å². The number of hydrogen-bond donors (Lipinski definition) is 0. The summed E-state index contributed by atoms with van der Waals surface area (Å²) in [6, 6.07) is 7.17. The standard InChI is InChI=1S/C18H15F2N3O5/c1-3-27-16(24)12-9-21-23-14(17(25)26-2)8-13(22-15(12)23)10-5-4-6-11(7-10)28-18(19)20/h4-9,18H,3H2,1-2H3. The molecule has 3 aromatic rings. The van der Waals surface area contributed by atoms with Crippen molar-refractivity contribution >= 4 is 17.6 Å². The monoisotopic (exact) mass is 391 g/mol. The highest BCUT2D eigenvalue weighted by molar-refractivity contribution is 5.97. The molecule has 3 rings (SSSR count). The van der Waals surface area contributed by atoms with Crippen LogP contribution in [-0.2, 0) is 9.47 Å². The molecule has 0 amide bonds. The molecule has 0 atom stereocenters. The summed E-state index contributed by atoms with van der Waals surface area (Å²) in [5.74, 6) is -1.45. The van der Waals surface area contributed by atoms with E-state index < -0.39 is 18.6 Å². The highest BCUT2D eigenvalue weighted by Crippen LogP contribution is 2.26. The molecule has 0 aliphatic carbocycles. The van der Waals surface area contributed by atoms with E-state index in [2.05, 4.69) is 14.8 Å². The number of benzene rings is 1. The minimum Gasteiger partial charge on any atom is -0.464 e. The first kappa shape index (κ1) is 19.2. The van der Waals surface area contributed by atoms with Gasteiger partial charge in [-0.1, -0.05) is 12.1 Å². The first-order chi connectivity index (χ1) is 13.4. The van der Waals surface area contributed by atoms with Crippen molar-refractivity contribution < 1.29 is 32.6 Å². The lowest BCUT2D eigenvalue weighted by Crippen LogP contribution is -2.12. The zero-order valence-electron chi connectivity index (χ0n) is 14.9. The van der Waals surface area contributed by atoms with Gasteiger partial charge in [0.25, 0.3) is 0 Å². The Morgan fingerprint density at radius 3 is 2.68 bits per heavy atom. The number of carbonyl (C=O) groups is 2. The van der Waals surface area contributed by atoms with Crippen LogP contribution in [0.25, 0.3) is 16.9 Å². The lowest BCUT2D eigenvalue weighted by atomic mass is 10.1. The van der Waals surface area contributed by atoms with E-state index in [9.17, 15) is 18.4 Å². The first-order valence-electron chi connectivity index (χ1n) is 8.14. The maximum Gasteiger partial charge on any atom is 0.387 e. The van der Waals surface area contributed by atoms with Crippen molar-refractivity contribution in [1.29, 1.82) is 0 Å². The van der Waals surface area contributed by atoms with Gasteiger partial charge in [0.2, 0.25) is 0 Å². The summed E-state index contributed by atoms with van der Waals surface area (Å²) in [6.07, 6.45) is 1.23. The van der Waals surface area contributed by atoms with Crippen LogP contribution < -0.4 is 4.74 Å². The Labute approximate surface area is 157 Å². The average Bonchev–Trinajstić information content (AvgIpc) is 3.10. The van der Waals surface area contributed by atoms with E-state index >= 15 is 0 Å². The number of halogens is 2. The van der Waals surface area contributed by atoms with Crippen molar-refractivity contribution in [3.8, 4) is 17.0 Å². The number of esters is 2. The molecule has 8 nitrogen and oxygen atoms in total. The molecule has 0 bridgehead atoms. The van der Waals surface area contributed by atoms with E-state index in [1.807, 2.05) is 0 Å². The first-order valence-corrected chi connectivity index (χ1v) is 8.14. The predicted molar refractivity (Wildman–Crippen MR) is 92.4 cm³/mol. The van der Waals surface area contributed by atoms with Gasteiger partial charge in [-0.05, 0) is 25.1 Å². The van der Waals surface area contributed by atoms with Crippen LogP contribution >= 0.6 is 0 Å². The van der Waals surface area contributed by atoms with Gasteiger partial charge in [-0.25, -0.2) is 19.1 Å². The molecular weight excluding hydrogens is 376 g/mol. The lowest BCUT2D eigenvalue weighted by molar-refractivity contribution is -0.0498. The summed E-state index contributed by atoms with van der Waals surface area (Å²) in [5, 5.41) is 4.01. The van der Waals surface area contributed by atoms with Gasteiger partial charge in [0.05, 0.1) is 25.6 Å². The molecule has 0 radical (unpaired) electrons. The summed E-state index contributed by atoms with van der Waals surface area (Å²) in [6.45, 7) is -1.19. The third-order valence-electron chi connectivity index (χ3n) is 3.72. The molecular formula is C18H15F2N3O5. The Morgan fingerprint density at radius 2 is 2.00 bits per heavy atom. The van der Waals surface area contributed by atoms with E-state index in [0.29, 0.717) is 5.56 Å². The second kappa shape index (κ2) is 7.99. The predicted octanol–water partition coefficient (Wildman–Crippen LogP) is 2.96. The topological polar surface area (TPSA) is 92.0 Å². The van der Waals surface area contributed by atoms with Crippen molar-refractivity contribution in [2.75, 3.05) is 13.7 Å². The number of hydrogen-bond acceptors (Lipinski definition) is 7. The van der Waals surface area contributed by atoms with Gasteiger partial charge < -0.3 is 14.2 Å². The van der Waals surface area contributed by atoms with Crippen LogP contribution in [0, 0.1) is 0 Å². The molecule has 10 heteroatoms. The summed E-state index contributed by atoms with van der Waals surface area (Å²) >= 11 is 0. The van der Waals surface area contributed by atoms with Crippen LogP contribution in [0.2, 0.25) is 0 Å². The second-order valence-corrected chi connectivity index (χ2v) is 5.44. The highest BCUT2D eigenvalue weighted by Gasteiger charge is 2.22. The van der Waals surface area contributed by atoms with E-state index in [1.54, 1.807) is 13.0 Å². The van der Waals surface area contributed by atoms with Gasteiger partial charge in [0.1, 0.15) is 11.3 Å². The molecule has 146 valence electrons. The fourth-order valence-electron chi connectivity index (χ4n) is 2.55. The summed E-state index contributed by atoms with van der Waals surface area (Å²) in [4.78, 5) is 28.7. The van der Waals surface area contributed by atoms with Crippen LogP contribution in [-0.4, -0.2) is 46.9 Å². The molecule has 1 aromatic carbocycles.